The van der Waals surface area contributed by atoms with Gasteiger partial charge in [-0.05, 0) is 41.1 Å². The Labute approximate surface area is 240 Å². The maximum atomic E-state index is 5.00. The molecule has 0 aliphatic carbocycles. The number of benzene rings is 3. The Bertz CT molecular complexity index is 1750. The Morgan fingerprint density at radius 2 is 0.775 bits per heavy atom. The van der Waals surface area contributed by atoms with E-state index in [4.69, 9.17) is 19.9 Å². The molecule has 0 fully saturated rings. The van der Waals surface area contributed by atoms with Crippen molar-refractivity contribution >= 4 is 22.7 Å². The summed E-state index contributed by atoms with van der Waals surface area (Å²) in [4.78, 5) is 22.2. The molecule has 0 saturated carbocycles. The molecule has 0 aliphatic rings. The Morgan fingerprint density at radius 1 is 0.350 bits per heavy atom. The minimum atomic E-state index is 0.671. The summed E-state index contributed by atoms with van der Waals surface area (Å²) in [6.45, 7) is 0. The molecule has 0 radical (unpaired) electrons. The molecule has 0 amide bonds. The molecule has 0 aliphatic heterocycles. The van der Waals surface area contributed by atoms with E-state index in [1.807, 2.05) is 66.7 Å². The van der Waals surface area contributed by atoms with Crippen LogP contribution in [0.5, 0.6) is 0 Å². The van der Waals surface area contributed by atoms with E-state index in [1.165, 1.54) is 0 Å². The van der Waals surface area contributed by atoms with Gasteiger partial charge in [0.25, 0.3) is 0 Å². The van der Waals surface area contributed by atoms with E-state index >= 15 is 0 Å². The molecular weight excluding hydrogens is 529 g/mol. The lowest BCUT2D eigenvalue weighted by Gasteiger charge is -2.11. The van der Waals surface area contributed by atoms with Gasteiger partial charge in [0.05, 0.1) is 32.5 Å². The molecule has 0 bridgehead atoms. The summed E-state index contributed by atoms with van der Waals surface area (Å²) in [5.74, 6) is 1.34. The number of hydrogen-bond donors (Lipinski definition) is 0. The highest BCUT2D eigenvalue weighted by Gasteiger charge is 2.14. The second-order valence-electron chi connectivity index (χ2n) is 9.19. The molecule has 0 atom stereocenters. The first-order valence-electron chi connectivity index (χ1n) is 12.9. The van der Waals surface area contributed by atoms with Crippen molar-refractivity contribution in [1.82, 2.24) is 19.9 Å². The topological polar surface area (TPSA) is 51.6 Å². The first kappa shape index (κ1) is 24.3. The first-order valence-corrected chi connectivity index (χ1v) is 14.6. The molecule has 0 N–H and O–H groups in total. The zero-order valence-electron chi connectivity index (χ0n) is 21.3. The van der Waals surface area contributed by atoms with Gasteiger partial charge in [-0.15, -0.1) is 22.7 Å². The van der Waals surface area contributed by atoms with Gasteiger partial charge in [-0.25, -0.2) is 19.9 Å². The molecule has 6 heteroatoms. The average Bonchev–Trinajstić information content (AvgIpc) is 3.77. The van der Waals surface area contributed by atoms with E-state index in [-0.39, 0.29) is 0 Å². The fraction of sp³-hybridized carbons (Fsp3) is 0. The second kappa shape index (κ2) is 10.8. The summed E-state index contributed by atoms with van der Waals surface area (Å²) in [5.41, 5.74) is 7.54. The second-order valence-corrected chi connectivity index (χ2v) is 11.1. The van der Waals surface area contributed by atoms with Gasteiger partial charge < -0.3 is 0 Å². The molecule has 7 aromatic rings. The Kier molecular flexibility index (Phi) is 6.53. The van der Waals surface area contributed by atoms with Crippen molar-refractivity contribution in [2.45, 2.75) is 0 Å². The first-order chi connectivity index (χ1) is 19.8. The van der Waals surface area contributed by atoms with Gasteiger partial charge in [0.15, 0.2) is 11.6 Å². The van der Waals surface area contributed by atoms with Crippen molar-refractivity contribution in [3.8, 4) is 66.4 Å². The minimum Gasteiger partial charge on any atom is -0.228 e. The van der Waals surface area contributed by atoms with Gasteiger partial charge in [0, 0.05) is 22.3 Å². The summed E-state index contributed by atoms with van der Waals surface area (Å²) in [6, 6.07) is 41.1. The molecule has 0 spiro atoms. The normalized spacial score (nSPS) is 11.0. The van der Waals surface area contributed by atoms with Crippen molar-refractivity contribution in [1.29, 1.82) is 0 Å². The highest BCUT2D eigenvalue weighted by molar-refractivity contribution is 7.13. The molecule has 190 valence electrons. The summed E-state index contributed by atoms with van der Waals surface area (Å²) < 4.78 is 0. The van der Waals surface area contributed by atoms with Crippen molar-refractivity contribution in [3.63, 3.8) is 0 Å². The zero-order chi connectivity index (χ0) is 26.7. The smallest absolute Gasteiger partial charge is 0.160 e. The number of aromatic nitrogens is 4. The Hall–Kier alpha value is -4.78. The summed E-state index contributed by atoms with van der Waals surface area (Å²) in [5, 5.41) is 4.14. The molecule has 0 unspecified atom stereocenters. The van der Waals surface area contributed by atoms with E-state index in [2.05, 4.69) is 65.4 Å². The highest BCUT2D eigenvalue weighted by Crippen LogP contribution is 2.33. The van der Waals surface area contributed by atoms with Gasteiger partial charge in [0.2, 0.25) is 0 Å². The Balaban J connectivity index is 1.36. The number of hydrogen-bond acceptors (Lipinski definition) is 6. The number of nitrogens with zero attached hydrogens (tertiary/aromatic N) is 4. The molecule has 40 heavy (non-hydrogen) atoms. The van der Waals surface area contributed by atoms with Gasteiger partial charge in [0.1, 0.15) is 0 Å². The molecule has 7 rings (SSSR count). The number of thiophene rings is 2. The van der Waals surface area contributed by atoms with Crippen LogP contribution in [0.2, 0.25) is 0 Å². The van der Waals surface area contributed by atoms with Crippen LogP contribution >= 0.6 is 22.7 Å². The molecule has 4 nitrogen and oxygen atoms in total. The van der Waals surface area contributed by atoms with Gasteiger partial charge in [-0.2, -0.15) is 0 Å². The van der Waals surface area contributed by atoms with E-state index in [1.54, 1.807) is 22.7 Å². The molecule has 3 aromatic carbocycles. The third-order valence-electron chi connectivity index (χ3n) is 6.52. The molecular formula is C34H22N4S2. The van der Waals surface area contributed by atoms with Crippen LogP contribution in [0.3, 0.4) is 0 Å². The van der Waals surface area contributed by atoms with Crippen molar-refractivity contribution in [3.05, 3.63) is 132 Å². The quantitative estimate of drug-likeness (QED) is 0.207. The molecule has 0 saturated heterocycles. The van der Waals surface area contributed by atoms with Gasteiger partial charge in [-0.1, -0.05) is 91.0 Å². The standard InChI is InChI=1S/C34H22N4S2/c1-3-10-23(11-4-1)27-21-29(31-16-8-18-39-31)37-33(35-27)25-14-7-15-26(20-25)34-36-28(24-12-5-2-6-13-24)22-30(38-34)32-17-9-19-40-32/h1-22H. The van der Waals surface area contributed by atoms with Gasteiger partial charge in [-0.3, -0.25) is 0 Å². The van der Waals surface area contributed by atoms with E-state index in [0.29, 0.717) is 11.6 Å². The fourth-order valence-corrected chi connectivity index (χ4v) is 5.94. The monoisotopic (exact) mass is 550 g/mol. The van der Waals surface area contributed by atoms with Crippen LogP contribution in [0.25, 0.3) is 66.4 Å². The van der Waals surface area contributed by atoms with Crippen molar-refractivity contribution < 1.29 is 0 Å². The lowest BCUT2D eigenvalue weighted by molar-refractivity contribution is 1.17. The maximum absolute atomic E-state index is 5.00. The van der Waals surface area contributed by atoms with Crippen LogP contribution in [0.1, 0.15) is 0 Å². The van der Waals surface area contributed by atoms with E-state index in [0.717, 1.165) is 54.8 Å². The van der Waals surface area contributed by atoms with Crippen molar-refractivity contribution in [2.75, 3.05) is 0 Å². The fourth-order valence-electron chi connectivity index (χ4n) is 4.56. The lowest BCUT2D eigenvalue weighted by atomic mass is 10.1. The number of rotatable bonds is 6. The van der Waals surface area contributed by atoms with Gasteiger partial charge >= 0.3 is 0 Å². The summed E-state index contributed by atoms with van der Waals surface area (Å²) in [7, 11) is 0. The Morgan fingerprint density at radius 3 is 1.20 bits per heavy atom. The predicted octanol–water partition coefficient (Wildman–Crippen LogP) is 9.39. The summed E-state index contributed by atoms with van der Waals surface area (Å²) >= 11 is 3.35. The van der Waals surface area contributed by atoms with Crippen LogP contribution in [0.15, 0.2) is 132 Å². The van der Waals surface area contributed by atoms with E-state index in [9.17, 15) is 0 Å². The molecule has 4 aromatic heterocycles. The van der Waals surface area contributed by atoms with Crippen LogP contribution in [-0.2, 0) is 0 Å². The maximum Gasteiger partial charge on any atom is 0.160 e. The highest BCUT2D eigenvalue weighted by atomic mass is 32.1. The molecule has 4 heterocycles. The zero-order valence-corrected chi connectivity index (χ0v) is 22.9. The minimum absolute atomic E-state index is 0.671. The van der Waals surface area contributed by atoms with Crippen LogP contribution in [0.4, 0.5) is 0 Å². The lowest BCUT2D eigenvalue weighted by Crippen LogP contribution is -1.97. The third-order valence-corrected chi connectivity index (χ3v) is 8.30. The van der Waals surface area contributed by atoms with Crippen LogP contribution in [-0.4, -0.2) is 19.9 Å². The van der Waals surface area contributed by atoms with Crippen molar-refractivity contribution in [2.24, 2.45) is 0 Å². The van der Waals surface area contributed by atoms with Crippen LogP contribution < -0.4 is 0 Å². The van der Waals surface area contributed by atoms with Crippen LogP contribution in [0, 0.1) is 0 Å². The van der Waals surface area contributed by atoms with E-state index < -0.39 is 0 Å². The largest absolute Gasteiger partial charge is 0.228 e. The SMILES string of the molecule is c1ccc(-c2cc(-c3cccs3)nc(-c3cccc(-c4nc(-c5ccccc5)cc(-c5cccs5)n4)c3)n2)cc1. The predicted molar refractivity (Wildman–Crippen MR) is 166 cm³/mol. The summed E-state index contributed by atoms with van der Waals surface area (Å²) in [6.07, 6.45) is 0. The average molecular weight is 551 g/mol. The third kappa shape index (κ3) is 4.98.